The molecule has 19 heavy (non-hydrogen) atoms. The summed E-state index contributed by atoms with van der Waals surface area (Å²) in [5.74, 6) is 0.307. The Kier molecular flexibility index (Phi) is 2.83. The second-order valence-corrected chi connectivity index (χ2v) is 4.53. The van der Waals surface area contributed by atoms with Gasteiger partial charge in [-0.2, -0.15) is 0 Å². The van der Waals surface area contributed by atoms with Crippen LogP contribution in [-0.4, -0.2) is 14.7 Å². The van der Waals surface area contributed by atoms with Crippen molar-refractivity contribution < 1.29 is 5.11 Å². The minimum Gasteiger partial charge on any atom is -0.507 e. The maximum atomic E-state index is 9.85. The Bertz CT molecular complexity index is 718. The number of aromatic hydroxyl groups is 1. The summed E-state index contributed by atoms with van der Waals surface area (Å²) in [6.07, 6.45) is 3.63. The van der Waals surface area contributed by atoms with Gasteiger partial charge >= 0.3 is 0 Å². The summed E-state index contributed by atoms with van der Waals surface area (Å²) >= 11 is 0. The quantitative estimate of drug-likeness (QED) is 0.754. The Morgan fingerprint density at radius 2 is 1.95 bits per heavy atom. The number of rotatable bonds is 3. The number of nitrogens with one attached hydrogen (secondary N) is 1. The monoisotopic (exact) mass is 253 g/mol. The zero-order chi connectivity index (χ0) is 13.2. The van der Waals surface area contributed by atoms with Crippen LogP contribution in [0.15, 0.2) is 48.9 Å². The van der Waals surface area contributed by atoms with Crippen LogP contribution in [0.4, 0.5) is 5.69 Å². The molecule has 1 heterocycles. The van der Waals surface area contributed by atoms with Gasteiger partial charge in [0.05, 0.1) is 18.6 Å². The Balaban J connectivity index is 1.93. The molecule has 0 aliphatic rings. The van der Waals surface area contributed by atoms with Crippen molar-refractivity contribution >= 4 is 16.5 Å². The van der Waals surface area contributed by atoms with Crippen LogP contribution >= 0.6 is 0 Å². The highest BCUT2D eigenvalue weighted by Crippen LogP contribution is 2.29. The average molecular weight is 253 g/mol. The van der Waals surface area contributed by atoms with Crippen molar-refractivity contribution in [1.82, 2.24) is 9.55 Å². The predicted molar refractivity (Wildman–Crippen MR) is 76.1 cm³/mol. The Hall–Kier alpha value is -2.49. The smallest absolute Gasteiger partial charge is 0.123 e. The molecular formula is C15H15N3O. The van der Waals surface area contributed by atoms with E-state index in [-0.39, 0.29) is 0 Å². The lowest BCUT2D eigenvalue weighted by atomic mass is 10.1. The summed E-state index contributed by atoms with van der Waals surface area (Å²) in [7, 11) is 1.97. The number of anilines is 1. The normalized spacial score (nSPS) is 10.8. The van der Waals surface area contributed by atoms with E-state index in [0.29, 0.717) is 12.3 Å². The molecule has 3 aromatic rings. The standard InChI is InChI=1S/C15H15N3O/c1-18-10-16-8-11(18)9-17-14-6-2-5-13-12(14)4-3-7-15(13)19/h2-8,10,17,19H,9H2,1H3. The molecule has 4 heteroatoms. The number of phenolic OH excluding ortho intramolecular Hbond substituents is 1. The lowest BCUT2D eigenvalue weighted by molar-refractivity contribution is 0.481. The van der Waals surface area contributed by atoms with Crippen molar-refractivity contribution in [2.45, 2.75) is 6.54 Å². The Labute approximate surface area is 111 Å². The molecule has 0 spiro atoms. The third kappa shape index (κ3) is 2.12. The van der Waals surface area contributed by atoms with Crippen molar-refractivity contribution in [3.8, 4) is 5.75 Å². The Morgan fingerprint density at radius 3 is 2.74 bits per heavy atom. The lowest BCUT2D eigenvalue weighted by Crippen LogP contribution is -2.04. The predicted octanol–water partition coefficient (Wildman–Crippen LogP) is 2.89. The second kappa shape index (κ2) is 4.65. The third-order valence-electron chi connectivity index (χ3n) is 3.28. The van der Waals surface area contributed by atoms with Gasteiger partial charge in [0.2, 0.25) is 0 Å². The molecule has 2 aromatic carbocycles. The summed E-state index contributed by atoms with van der Waals surface area (Å²) in [5.41, 5.74) is 2.12. The van der Waals surface area contributed by atoms with Gasteiger partial charge in [-0.1, -0.05) is 24.3 Å². The van der Waals surface area contributed by atoms with E-state index in [9.17, 15) is 5.11 Å². The first kappa shape index (κ1) is 11.6. The van der Waals surface area contributed by atoms with Gasteiger partial charge in [0.15, 0.2) is 0 Å². The third-order valence-corrected chi connectivity index (χ3v) is 3.28. The maximum Gasteiger partial charge on any atom is 0.123 e. The molecule has 0 atom stereocenters. The molecule has 4 nitrogen and oxygen atoms in total. The van der Waals surface area contributed by atoms with Gasteiger partial charge < -0.3 is 15.0 Å². The first-order chi connectivity index (χ1) is 9.25. The summed E-state index contributed by atoms with van der Waals surface area (Å²) < 4.78 is 1.98. The first-order valence-corrected chi connectivity index (χ1v) is 6.15. The number of fused-ring (bicyclic) bond motifs is 1. The van der Waals surface area contributed by atoms with Crippen LogP contribution in [0.3, 0.4) is 0 Å². The number of imidazole rings is 1. The van der Waals surface area contributed by atoms with Crippen LogP contribution < -0.4 is 5.32 Å². The van der Waals surface area contributed by atoms with Crippen LogP contribution in [0.5, 0.6) is 5.75 Å². The van der Waals surface area contributed by atoms with Gasteiger partial charge in [-0.15, -0.1) is 0 Å². The minimum absolute atomic E-state index is 0.307. The fourth-order valence-corrected chi connectivity index (χ4v) is 2.19. The fraction of sp³-hybridized carbons (Fsp3) is 0.133. The van der Waals surface area contributed by atoms with Crippen molar-refractivity contribution in [3.05, 3.63) is 54.6 Å². The Morgan fingerprint density at radius 1 is 1.16 bits per heavy atom. The van der Waals surface area contributed by atoms with Crippen molar-refractivity contribution in [2.24, 2.45) is 7.05 Å². The highest BCUT2D eigenvalue weighted by molar-refractivity contribution is 5.97. The number of hydrogen-bond acceptors (Lipinski definition) is 3. The van der Waals surface area contributed by atoms with E-state index in [1.807, 2.05) is 48.1 Å². The van der Waals surface area contributed by atoms with E-state index in [2.05, 4.69) is 10.3 Å². The molecule has 96 valence electrons. The molecule has 0 unspecified atom stereocenters. The number of hydrogen-bond donors (Lipinski definition) is 2. The number of aromatic nitrogens is 2. The van der Waals surface area contributed by atoms with Gasteiger partial charge in [-0.3, -0.25) is 0 Å². The second-order valence-electron chi connectivity index (χ2n) is 4.53. The molecule has 0 saturated heterocycles. The molecule has 2 N–H and O–H groups in total. The fourth-order valence-electron chi connectivity index (χ4n) is 2.19. The number of benzene rings is 2. The van der Waals surface area contributed by atoms with Crippen molar-refractivity contribution in [1.29, 1.82) is 0 Å². The van der Waals surface area contributed by atoms with E-state index in [1.165, 1.54) is 0 Å². The van der Waals surface area contributed by atoms with Crippen LogP contribution in [-0.2, 0) is 13.6 Å². The highest BCUT2D eigenvalue weighted by Gasteiger charge is 2.04. The minimum atomic E-state index is 0.307. The highest BCUT2D eigenvalue weighted by atomic mass is 16.3. The SMILES string of the molecule is Cn1cncc1CNc1cccc2c(O)cccc12. The van der Waals surface area contributed by atoms with Crippen LogP contribution in [0.25, 0.3) is 10.8 Å². The van der Waals surface area contributed by atoms with Gasteiger partial charge in [-0.05, 0) is 12.1 Å². The molecule has 0 amide bonds. The molecule has 0 saturated carbocycles. The summed E-state index contributed by atoms with van der Waals surface area (Å²) in [5, 5.41) is 15.1. The summed E-state index contributed by atoms with van der Waals surface area (Å²) in [6, 6.07) is 11.4. The first-order valence-electron chi connectivity index (χ1n) is 6.15. The van der Waals surface area contributed by atoms with Crippen LogP contribution in [0.1, 0.15) is 5.69 Å². The van der Waals surface area contributed by atoms with E-state index in [1.54, 1.807) is 12.4 Å². The van der Waals surface area contributed by atoms with E-state index >= 15 is 0 Å². The molecule has 1 aromatic heterocycles. The lowest BCUT2D eigenvalue weighted by Gasteiger charge is -2.10. The zero-order valence-corrected chi connectivity index (χ0v) is 10.7. The maximum absolute atomic E-state index is 9.85. The van der Waals surface area contributed by atoms with Crippen molar-refractivity contribution in [2.75, 3.05) is 5.32 Å². The number of nitrogens with zero attached hydrogens (tertiary/aromatic N) is 2. The molecule has 0 fully saturated rings. The van der Waals surface area contributed by atoms with E-state index in [0.717, 1.165) is 22.2 Å². The molecule has 3 rings (SSSR count). The molecule has 0 bridgehead atoms. The molecule has 0 aliphatic heterocycles. The van der Waals surface area contributed by atoms with Gasteiger partial charge in [-0.25, -0.2) is 4.98 Å². The summed E-state index contributed by atoms with van der Waals surface area (Å²) in [6.45, 7) is 0.700. The number of aryl methyl sites for hydroxylation is 1. The van der Waals surface area contributed by atoms with Gasteiger partial charge in [0.25, 0.3) is 0 Å². The van der Waals surface area contributed by atoms with E-state index in [4.69, 9.17) is 0 Å². The molecule has 0 aliphatic carbocycles. The largest absolute Gasteiger partial charge is 0.507 e. The average Bonchev–Trinajstić information content (AvgIpc) is 2.82. The van der Waals surface area contributed by atoms with Gasteiger partial charge in [0.1, 0.15) is 5.75 Å². The van der Waals surface area contributed by atoms with Crippen LogP contribution in [0.2, 0.25) is 0 Å². The van der Waals surface area contributed by atoms with Crippen LogP contribution in [0, 0.1) is 0 Å². The topological polar surface area (TPSA) is 50.1 Å². The van der Waals surface area contributed by atoms with Gasteiger partial charge in [0, 0.05) is 29.7 Å². The molecular weight excluding hydrogens is 238 g/mol. The molecule has 0 radical (unpaired) electrons. The van der Waals surface area contributed by atoms with Crippen molar-refractivity contribution in [3.63, 3.8) is 0 Å². The van der Waals surface area contributed by atoms with E-state index < -0.39 is 0 Å². The number of phenols is 1. The summed E-state index contributed by atoms with van der Waals surface area (Å²) in [4.78, 5) is 4.09. The zero-order valence-electron chi connectivity index (χ0n) is 10.7.